The Hall–Kier alpha value is -2.07. The predicted octanol–water partition coefficient (Wildman–Crippen LogP) is 2.21. The summed E-state index contributed by atoms with van der Waals surface area (Å²) >= 11 is 1.38. The average Bonchev–Trinajstić information content (AvgIpc) is 3.12. The van der Waals surface area contributed by atoms with Crippen molar-refractivity contribution < 1.29 is 18.0 Å². The molecule has 0 saturated carbocycles. The largest absolute Gasteiger partial charge is 0.410 e. The van der Waals surface area contributed by atoms with Crippen LogP contribution >= 0.6 is 11.3 Å². The van der Waals surface area contributed by atoms with Crippen molar-refractivity contribution in [2.45, 2.75) is 24.7 Å². The molecule has 0 radical (unpaired) electrons. The summed E-state index contributed by atoms with van der Waals surface area (Å²) in [6.07, 6.45) is -4.66. The summed E-state index contributed by atoms with van der Waals surface area (Å²) in [6.45, 7) is 0. The number of hydrazine groups is 1. The number of thiophene rings is 1. The molecule has 2 atom stereocenters. The second-order valence-corrected chi connectivity index (χ2v) is 5.82. The standard InChI is InChI=1S/C12H12F3N5OS/c13-12(14,15)9-4-6(8-2-1-3-22-8)17-10-5-7(11(21)18-16)19-20(9)10/h1-3,5-6,9,17H,4,16H2,(H,18,21). The average molecular weight is 331 g/mol. The highest BCUT2D eigenvalue weighted by molar-refractivity contribution is 7.10. The molecule has 118 valence electrons. The molecule has 2 aromatic rings. The zero-order valence-electron chi connectivity index (χ0n) is 11.1. The number of rotatable bonds is 2. The molecule has 4 N–H and O–H groups in total. The number of nitrogens with one attached hydrogen (secondary N) is 2. The van der Waals surface area contributed by atoms with Crippen molar-refractivity contribution in [3.63, 3.8) is 0 Å². The van der Waals surface area contributed by atoms with Gasteiger partial charge in [-0.2, -0.15) is 18.3 Å². The van der Waals surface area contributed by atoms with E-state index >= 15 is 0 Å². The molecular weight excluding hydrogens is 319 g/mol. The van der Waals surface area contributed by atoms with Gasteiger partial charge in [-0.3, -0.25) is 10.2 Å². The van der Waals surface area contributed by atoms with Crippen molar-refractivity contribution in [2.24, 2.45) is 5.84 Å². The molecule has 10 heteroatoms. The second kappa shape index (κ2) is 5.29. The number of hydrogen-bond acceptors (Lipinski definition) is 5. The molecule has 0 aromatic carbocycles. The van der Waals surface area contributed by atoms with Gasteiger partial charge in [-0.25, -0.2) is 10.5 Å². The smallest absolute Gasteiger partial charge is 0.363 e. The molecule has 2 aromatic heterocycles. The first-order valence-corrected chi connectivity index (χ1v) is 7.25. The quantitative estimate of drug-likeness (QED) is 0.447. The van der Waals surface area contributed by atoms with E-state index in [1.807, 2.05) is 5.43 Å². The van der Waals surface area contributed by atoms with E-state index in [4.69, 9.17) is 5.84 Å². The third kappa shape index (κ3) is 2.55. The van der Waals surface area contributed by atoms with Crippen molar-refractivity contribution in [1.29, 1.82) is 0 Å². The Balaban J connectivity index is 2.01. The third-order valence-corrected chi connectivity index (χ3v) is 4.43. The highest BCUT2D eigenvalue weighted by atomic mass is 32.1. The fourth-order valence-electron chi connectivity index (χ4n) is 2.43. The first-order valence-electron chi connectivity index (χ1n) is 6.37. The number of aromatic nitrogens is 2. The van der Waals surface area contributed by atoms with Gasteiger partial charge in [-0.15, -0.1) is 11.3 Å². The Morgan fingerprint density at radius 3 is 2.91 bits per heavy atom. The van der Waals surface area contributed by atoms with Crippen LogP contribution in [0.4, 0.5) is 19.0 Å². The number of nitrogen functional groups attached to an aromatic ring is 1. The fraction of sp³-hybridized carbons (Fsp3) is 0.333. The van der Waals surface area contributed by atoms with Gasteiger partial charge in [-0.05, 0) is 11.4 Å². The molecule has 3 heterocycles. The lowest BCUT2D eigenvalue weighted by molar-refractivity contribution is -0.173. The molecule has 1 amide bonds. The second-order valence-electron chi connectivity index (χ2n) is 4.84. The van der Waals surface area contributed by atoms with Crippen LogP contribution in [0, 0.1) is 0 Å². The highest BCUT2D eigenvalue weighted by Crippen LogP contribution is 2.44. The number of anilines is 1. The van der Waals surface area contributed by atoms with Gasteiger partial charge in [0, 0.05) is 17.4 Å². The van der Waals surface area contributed by atoms with Crippen molar-refractivity contribution in [3.8, 4) is 0 Å². The maximum absolute atomic E-state index is 13.3. The summed E-state index contributed by atoms with van der Waals surface area (Å²) in [5.74, 6) is 4.40. The Morgan fingerprint density at radius 2 is 2.32 bits per heavy atom. The molecule has 0 saturated heterocycles. The van der Waals surface area contributed by atoms with Gasteiger partial charge in [0.25, 0.3) is 5.91 Å². The molecular formula is C12H12F3N5OS. The number of carbonyl (C=O) groups is 1. The minimum atomic E-state index is -4.46. The van der Waals surface area contributed by atoms with E-state index in [1.165, 1.54) is 17.4 Å². The zero-order chi connectivity index (χ0) is 15.9. The topological polar surface area (TPSA) is 85.0 Å². The van der Waals surface area contributed by atoms with Crippen LogP contribution in [0.25, 0.3) is 0 Å². The molecule has 1 aliphatic rings. The van der Waals surface area contributed by atoms with Gasteiger partial charge in [0.1, 0.15) is 5.82 Å². The van der Waals surface area contributed by atoms with Crippen LogP contribution in [-0.4, -0.2) is 21.9 Å². The Kier molecular flexibility index (Phi) is 3.57. The van der Waals surface area contributed by atoms with Gasteiger partial charge in [0.2, 0.25) is 0 Å². The number of nitrogens with two attached hydrogens (primary N) is 1. The van der Waals surface area contributed by atoms with E-state index in [0.29, 0.717) is 0 Å². The zero-order valence-corrected chi connectivity index (χ0v) is 11.9. The van der Waals surface area contributed by atoms with Gasteiger partial charge in [-0.1, -0.05) is 6.07 Å². The highest BCUT2D eigenvalue weighted by Gasteiger charge is 2.46. The minimum Gasteiger partial charge on any atom is -0.363 e. The third-order valence-electron chi connectivity index (χ3n) is 3.44. The van der Waals surface area contributed by atoms with E-state index in [1.54, 1.807) is 17.5 Å². The molecule has 6 nitrogen and oxygen atoms in total. The Morgan fingerprint density at radius 1 is 1.55 bits per heavy atom. The number of amides is 1. The van der Waals surface area contributed by atoms with E-state index < -0.39 is 24.2 Å². The first-order chi connectivity index (χ1) is 10.4. The van der Waals surface area contributed by atoms with Crippen LogP contribution in [0.5, 0.6) is 0 Å². The predicted molar refractivity (Wildman–Crippen MR) is 74.3 cm³/mol. The molecule has 3 rings (SSSR count). The Bertz CT molecular complexity index is 681. The van der Waals surface area contributed by atoms with Crippen molar-refractivity contribution >= 4 is 23.1 Å². The summed E-state index contributed by atoms with van der Waals surface area (Å²) < 4.78 is 40.8. The minimum absolute atomic E-state index is 0.144. The van der Waals surface area contributed by atoms with Gasteiger partial charge in [0.05, 0.1) is 6.04 Å². The molecule has 0 fully saturated rings. The summed E-state index contributed by atoms with van der Waals surface area (Å²) in [6, 6.07) is 2.54. The summed E-state index contributed by atoms with van der Waals surface area (Å²) in [7, 11) is 0. The van der Waals surface area contributed by atoms with Crippen LogP contribution in [0.15, 0.2) is 23.6 Å². The number of nitrogens with zero attached hydrogens (tertiary/aromatic N) is 2. The van der Waals surface area contributed by atoms with Crippen LogP contribution in [0.1, 0.15) is 33.9 Å². The van der Waals surface area contributed by atoms with Crippen LogP contribution in [0.3, 0.4) is 0 Å². The van der Waals surface area contributed by atoms with Gasteiger partial charge in [0.15, 0.2) is 11.7 Å². The SMILES string of the molecule is NNC(=O)c1cc2n(n1)C(C(F)(F)F)CC(c1cccs1)N2. The monoisotopic (exact) mass is 331 g/mol. The number of fused-ring (bicyclic) bond motifs is 1. The molecule has 0 aliphatic carbocycles. The normalized spacial score (nSPS) is 21.1. The molecule has 1 aliphatic heterocycles. The molecule has 0 spiro atoms. The molecule has 0 bridgehead atoms. The number of carbonyl (C=O) groups excluding carboxylic acids is 1. The maximum atomic E-state index is 13.3. The molecule has 22 heavy (non-hydrogen) atoms. The number of alkyl halides is 3. The summed E-state index contributed by atoms with van der Waals surface area (Å²) in [5.41, 5.74) is 1.70. The first kappa shape index (κ1) is 14.9. The lowest BCUT2D eigenvalue weighted by Gasteiger charge is -2.32. The van der Waals surface area contributed by atoms with Gasteiger partial charge >= 0.3 is 6.18 Å². The lowest BCUT2D eigenvalue weighted by Crippen LogP contribution is -2.35. The summed E-state index contributed by atoms with van der Waals surface area (Å²) in [4.78, 5) is 12.3. The van der Waals surface area contributed by atoms with Crippen molar-refractivity contribution in [1.82, 2.24) is 15.2 Å². The lowest BCUT2D eigenvalue weighted by atomic mass is 10.0. The fourth-order valence-corrected chi connectivity index (χ4v) is 3.23. The van der Waals surface area contributed by atoms with E-state index in [2.05, 4.69) is 10.4 Å². The number of hydrogen-bond donors (Lipinski definition) is 3. The van der Waals surface area contributed by atoms with E-state index in [-0.39, 0.29) is 17.9 Å². The van der Waals surface area contributed by atoms with Crippen molar-refractivity contribution in [2.75, 3.05) is 5.32 Å². The van der Waals surface area contributed by atoms with E-state index in [0.717, 1.165) is 9.56 Å². The maximum Gasteiger partial charge on any atom is 0.410 e. The van der Waals surface area contributed by atoms with E-state index in [9.17, 15) is 18.0 Å². The van der Waals surface area contributed by atoms with Crippen LogP contribution in [0.2, 0.25) is 0 Å². The van der Waals surface area contributed by atoms with Crippen molar-refractivity contribution in [3.05, 3.63) is 34.2 Å². The van der Waals surface area contributed by atoms with Crippen LogP contribution < -0.4 is 16.6 Å². The summed E-state index contributed by atoms with van der Waals surface area (Å²) in [5, 5.41) is 8.53. The number of halogens is 3. The van der Waals surface area contributed by atoms with Crippen LogP contribution in [-0.2, 0) is 0 Å². The Labute approximate surface area is 127 Å². The van der Waals surface area contributed by atoms with Gasteiger partial charge < -0.3 is 5.32 Å². The molecule has 2 unspecified atom stereocenters.